The number of hydrogen-bond donors (Lipinski definition) is 1. The van der Waals surface area contributed by atoms with Crippen molar-refractivity contribution in [1.29, 1.82) is 0 Å². The molecule has 0 saturated heterocycles. The Morgan fingerprint density at radius 2 is 1.61 bits per heavy atom. The van der Waals surface area contributed by atoms with Gasteiger partial charge < -0.3 is 9.73 Å². The highest BCUT2D eigenvalue weighted by Gasteiger charge is 2.17. The van der Waals surface area contributed by atoms with Crippen LogP contribution in [0.25, 0.3) is 0 Å². The lowest BCUT2D eigenvalue weighted by molar-refractivity contribution is 0.0996. The second kappa shape index (κ2) is 5.99. The quantitative estimate of drug-likeness (QED) is 0.800. The minimum absolute atomic E-state index is 0.0750. The van der Waals surface area contributed by atoms with Gasteiger partial charge in [-0.1, -0.05) is 18.2 Å². The fraction of sp³-hybridized carbons (Fsp3) is 0. The highest BCUT2D eigenvalue weighted by atomic mass is 32.2. The molecule has 1 aromatic heterocycles. The van der Waals surface area contributed by atoms with Gasteiger partial charge in [-0.3, -0.25) is 4.79 Å². The Kier molecular flexibility index (Phi) is 3.87. The summed E-state index contributed by atoms with van der Waals surface area (Å²) in [6.07, 6.45) is 2.30. The topological polar surface area (TPSA) is 76.4 Å². The lowest BCUT2D eigenvalue weighted by Crippen LogP contribution is -2.11. The van der Waals surface area contributed by atoms with E-state index in [9.17, 15) is 13.2 Å². The zero-order valence-corrected chi connectivity index (χ0v) is 12.6. The summed E-state index contributed by atoms with van der Waals surface area (Å²) in [5, 5.41) is 2.60. The molecule has 6 heteroatoms. The average Bonchev–Trinajstić information content (AvgIpc) is 3.11. The molecule has 2 aromatic carbocycles. The molecule has 0 spiro atoms. The van der Waals surface area contributed by atoms with E-state index in [2.05, 4.69) is 17.6 Å². The maximum Gasteiger partial charge on any atom is 0.293 e. The highest BCUT2D eigenvalue weighted by Crippen LogP contribution is 2.22. The first kappa shape index (κ1) is 14.9. The van der Waals surface area contributed by atoms with E-state index < -0.39 is 15.7 Å². The van der Waals surface area contributed by atoms with Gasteiger partial charge >= 0.3 is 0 Å². The molecule has 1 amide bonds. The van der Waals surface area contributed by atoms with Crippen LogP contribution in [-0.2, 0) is 9.84 Å². The van der Waals surface area contributed by atoms with Gasteiger partial charge in [-0.25, -0.2) is 8.42 Å². The molecular formula is C17H11NO4S. The number of anilines is 1. The molecular weight excluding hydrogens is 314 g/mol. The second-order valence-corrected chi connectivity index (χ2v) is 6.60. The Morgan fingerprint density at radius 1 is 0.957 bits per heavy atom. The zero-order chi connectivity index (χ0) is 16.3. The van der Waals surface area contributed by atoms with Crippen LogP contribution in [0, 0.1) is 12.3 Å². The number of sulfone groups is 1. The van der Waals surface area contributed by atoms with E-state index in [1.807, 2.05) is 0 Å². The standard InChI is InChI=1S/C17H11NO4S/c19-17(16-7-4-12-22-16)18-13-8-10-15(11-9-13)23(20,21)14-5-2-1-3-6-14/h1-3,5-11H,(H,18,19). The molecule has 0 bridgehead atoms. The van der Waals surface area contributed by atoms with Crippen LogP contribution in [-0.4, -0.2) is 14.3 Å². The normalized spacial score (nSPS) is 10.8. The van der Waals surface area contributed by atoms with E-state index in [4.69, 9.17) is 4.42 Å². The number of nitrogens with one attached hydrogen (secondary N) is 1. The van der Waals surface area contributed by atoms with Crippen LogP contribution in [0.15, 0.2) is 74.9 Å². The van der Waals surface area contributed by atoms with Gasteiger partial charge in [-0.2, -0.15) is 0 Å². The molecule has 23 heavy (non-hydrogen) atoms. The summed E-state index contributed by atoms with van der Waals surface area (Å²) in [4.78, 5) is 12.2. The summed E-state index contributed by atoms with van der Waals surface area (Å²) in [7, 11) is -3.57. The van der Waals surface area contributed by atoms with Crippen LogP contribution in [0.2, 0.25) is 0 Å². The van der Waals surface area contributed by atoms with Crippen molar-refractivity contribution in [3.63, 3.8) is 0 Å². The van der Waals surface area contributed by atoms with E-state index in [0.717, 1.165) is 0 Å². The van der Waals surface area contributed by atoms with Gasteiger partial charge in [0.2, 0.25) is 15.6 Å². The lowest BCUT2D eigenvalue weighted by atomic mass is 10.3. The van der Waals surface area contributed by atoms with Gasteiger partial charge in [0.1, 0.15) is 6.26 Å². The Bertz CT molecular complexity index is 899. The monoisotopic (exact) mass is 325 g/mol. The first-order chi connectivity index (χ1) is 11.1. The smallest absolute Gasteiger partial charge is 0.293 e. The SMILES string of the molecule is O=C(Nc1ccc(S(=O)(=O)c2ccccc2)cc1)c1cc#co1. The molecule has 3 aromatic rings. The van der Waals surface area contributed by atoms with Crippen LogP contribution in [0.5, 0.6) is 0 Å². The minimum atomic E-state index is -3.57. The van der Waals surface area contributed by atoms with Crippen molar-refractivity contribution < 1.29 is 17.6 Å². The van der Waals surface area contributed by atoms with Crippen LogP contribution >= 0.6 is 0 Å². The van der Waals surface area contributed by atoms with Crippen molar-refractivity contribution >= 4 is 21.4 Å². The van der Waals surface area contributed by atoms with Crippen LogP contribution in [0.3, 0.4) is 0 Å². The summed E-state index contributed by atoms with van der Waals surface area (Å²) < 4.78 is 29.7. The molecule has 5 nitrogen and oxygen atoms in total. The van der Waals surface area contributed by atoms with E-state index >= 15 is 0 Å². The Hall–Kier alpha value is -3.04. The summed E-state index contributed by atoms with van der Waals surface area (Å²) in [6, 6.07) is 18.0. The van der Waals surface area contributed by atoms with Gasteiger partial charge in [-0.15, -0.1) is 0 Å². The molecule has 0 saturated carbocycles. The summed E-state index contributed by atoms with van der Waals surface area (Å²) in [6.45, 7) is 0. The molecule has 0 aliphatic carbocycles. The van der Waals surface area contributed by atoms with Gasteiger partial charge in [0.15, 0.2) is 0 Å². The van der Waals surface area contributed by atoms with Crippen molar-refractivity contribution in [3.05, 3.63) is 78.8 Å². The number of hydrogen-bond acceptors (Lipinski definition) is 4. The van der Waals surface area contributed by atoms with Gasteiger partial charge in [0.25, 0.3) is 5.91 Å². The molecule has 0 unspecified atom stereocenters. The first-order valence-corrected chi connectivity index (χ1v) is 8.15. The molecule has 0 fully saturated rings. The third-order valence-corrected chi connectivity index (χ3v) is 4.91. The fourth-order valence-corrected chi connectivity index (χ4v) is 3.25. The molecule has 0 aliphatic rings. The van der Waals surface area contributed by atoms with Crippen LogP contribution in [0.4, 0.5) is 5.69 Å². The van der Waals surface area contributed by atoms with Crippen molar-refractivity contribution in [1.82, 2.24) is 0 Å². The molecule has 3 rings (SSSR count). The Balaban J connectivity index is 1.81. The molecule has 114 valence electrons. The number of benzene rings is 2. The predicted octanol–water partition coefficient (Wildman–Crippen LogP) is 2.97. The number of rotatable bonds is 4. The third kappa shape index (κ3) is 3.10. The minimum Gasteiger partial charge on any atom is -0.401 e. The molecule has 1 N–H and O–H groups in total. The first-order valence-electron chi connectivity index (χ1n) is 6.66. The predicted molar refractivity (Wildman–Crippen MR) is 82.7 cm³/mol. The Labute approximate surface area is 133 Å². The van der Waals surface area contributed by atoms with Crippen molar-refractivity contribution in [3.8, 4) is 0 Å². The number of carbonyl (C=O) groups is 1. The molecule has 1 heterocycles. The van der Waals surface area contributed by atoms with E-state index in [1.54, 1.807) is 18.2 Å². The van der Waals surface area contributed by atoms with Crippen molar-refractivity contribution in [2.24, 2.45) is 0 Å². The maximum atomic E-state index is 12.4. The van der Waals surface area contributed by atoms with Crippen LogP contribution < -0.4 is 5.32 Å². The summed E-state index contributed by atoms with van der Waals surface area (Å²) in [5.41, 5.74) is 0.457. The van der Waals surface area contributed by atoms with E-state index in [1.165, 1.54) is 42.5 Å². The lowest BCUT2D eigenvalue weighted by Gasteiger charge is -2.06. The highest BCUT2D eigenvalue weighted by molar-refractivity contribution is 7.91. The van der Waals surface area contributed by atoms with Gasteiger partial charge in [0, 0.05) is 11.8 Å². The molecule has 0 aliphatic heterocycles. The number of carbonyl (C=O) groups excluding carboxylic acids is 1. The van der Waals surface area contributed by atoms with Crippen molar-refractivity contribution in [2.45, 2.75) is 9.79 Å². The van der Waals surface area contributed by atoms with Crippen LogP contribution in [0.1, 0.15) is 10.6 Å². The maximum absolute atomic E-state index is 12.4. The van der Waals surface area contributed by atoms with Gasteiger partial charge in [-0.05, 0) is 42.5 Å². The summed E-state index contributed by atoms with van der Waals surface area (Å²) >= 11 is 0. The largest absolute Gasteiger partial charge is 0.401 e. The Morgan fingerprint density at radius 3 is 2.22 bits per heavy atom. The fourth-order valence-electron chi connectivity index (χ4n) is 1.97. The van der Waals surface area contributed by atoms with E-state index in [0.29, 0.717) is 5.69 Å². The second-order valence-electron chi connectivity index (χ2n) is 4.65. The summed E-state index contributed by atoms with van der Waals surface area (Å²) in [5.74, 6) is -0.382. The average molecular weight is 325 g/mol. The van der Waals surface area contributed by atoms with Gasteiger partial charge in [0.05, 0.1) is 9.79 Å². The zero-order valence-electron chi connectivity index (χ0n) is 11.8. The molecule has 0 radical (unpaired) electrons. The van der Waals surface area contributed by atoms with Crippen molar-refractivity contribution in [2.75, 3.05) is 5.32 Å². The van der Waals surface area contributed by atoms with E-state index in [-0.39, 0.29) is 15.6 Å². The molecule has 0 atom stereocenters. The number of amides is 1. The third-order valence-electron chi connectivity index (χ3n) is 3.12.